The number of rotatable bonds is 5. The van der Waals surface area contributed by atoms with Crippen LogP contribution in [0.2, 0.25) is 0 Å². The Morgan fingerprint density at radius 3 is 2.94 bits per heavy atom. The highest BCUT2D eigenvalue weighted by molar-refractivity contribution is 5.99. The number of ether oxygens (including phenoxy) is 1. The van der Waals surface area contributed by atoms with E-state index in [2.05, 4.69) is 10.3 Å². The number of nitrogens with zero attached hydrogens (tertiary/aromatic N) is 3. The van der Waals surface area contributed by atoms with E-state index in [-0.39, 0.29) is 18.2 Å². The van der Waals surface area contributed by atoms with Gasteiger partial charge in [-0.05, 0) is 24.3 Å². The topological polar surface area (TPSA) is 109 Å². The first-order valence-electron chi connectivity index (χ1n) is 10.1. The van der Waals surface area contributed by atoms with Crippen molar-refractivity contribution in [3.05, 3.63) is 64.6 Å². The van der Waals surface area contributed by atoms with E-state index in [0.717, 1.165) is 10.8 Å². The number of likely N-dealkylation sites (tertiary alicyclic amines) is 1. The summed E-state index contributed by atoms with van der Waals surface area (Å²) in [5.41, 5.74) is 6.20. The van der Waals surface area contributed by atoms with Crippen LogP contribution in [0.4, 0.5) is 24.7 Å². The second kappa shape index (κ2) is 8.75. The van der Waals surface area contributed by atoms with Crippen molar-refractivity contribution in [2.75, 3.05) is 30.7 Å². The molecule has 11 heteroatoms. The molecule has 2 fully saturated rings. The van der Waals surface area contributed by atoms with Gasteiger partial charge in [-0.2, -0.15) is 4.98 Å². The summed E-state index contributed by atoms with van der Waals surface area (Å²) in [4.78, 5) is 17.4. The van der Waals surface area contributed by atoms with Gasteiger partial charge in [-0.3, -0.25) is 9.47 Å². The minimum absolute atomic E-state index is 0.0500. The molecule has 0 amide bonds. The average molecular weight is 448 g/mol. The number of benzene rings is 1. The molecule has 8 nitrogen and oxygen atoms in total. The fraction of sp³-hybridized carbons (Fsp3) is 0.381. The maximum Gasteiger partial charge on any atom is 0.351 e. The smallest absolute Gasteiger partial charge is 0.351 e. The molecule has 1 aromatic heterocycles. The number of aromatic nitrogens is 2. The first kappa shape index (κ1) is 22.0. The molecule has 2 atom stereocenters. The van der Waals surface area contributed by atoms with Gasteiger partial charge in [0.25, 0.3) is 5.92 Å². The van der Waals surface area contributed by atoms with Gasteiger partial charge in [0.2, 0.25) is 6.23 Å². The van der Waals surface area contributed by atoms with Crippen molar-refractivity contribution in [2.45, 2.75) is 31.1 Å². The molecule has 1 aromatic carbocycles. The van der Waals surface area contributed by atoms with E-state index in [0.29, 0.717) is 36.5 Å². The summed E-state index contributed by atoms with van der Waals surface area (Å²) in [6.45, 7) is 1.10. The molecule has 4 rings (SSSR count). The molecule has 32 heavy (non-hydrogen) atoms. The second-order valence-electron chi connectivity index (χ2n) is 7.91. The van der Waals surface area contributed by atoms with Crippen LogP contribution in [0.15, 0.2) is 53.1 Å². The molecule has 2 aliphatic heterocycles. The normalized spacial score (nSPS) is 24.7. The predicted octanol–water partition coefficient (Wildman–Crippen LogP) is 2.61. The monoisotopic (exact) mass is 448 g/mol. The maximum absolute atomic E-state index is 14.6. The van der Waals surface area contributed by atoms with Gasteiger partial charge < -0.3 is 21.2 Å². The second-order valence-corrected chi connectivity index (χ2v) is 7.91. The molecule has 0 aliphatic carbocycles. The highest BCUT2D eigenvalue weighted by atomic mass is 19.3. The lowest BCUT2D eigenvalue weighted by atomic mass is 10.0. The molecule has 2 aliphatic rings. The highest BCUT2D eigenvalue weighted by Crippen LogP contribution is 2.42. The van der Waals surface area contributed by atoms with E-state index in [1.54, 1.807) is 18.3 Å². The van der Waals surface area contributed by atoms with Crippen LogP contribution in [0.25, 0.3) is 0 Å². The lowest BCUT2D eigenvalue weighted by molar-refractivity contribution is -0.118. The van der Waals surface area contributed by atoms with Gasteiger partial charge >= 0.3 is 5.69 Å². The highest BCUT2D eigenvalue weighted by Gasteiger charge is 2.52. The Kier molecular flexibility index (Phi) is 6.02. The third-order valence-electron chi connectivity index (χ3n) is 5.45. The van der Waals surface area contributed by atoms with Gasteiger partial charge in [0.05, 0.1) is 6.10 Å². The van der Waals surface area contributed by atoms with E-state index in [9.17, 15) is 18.0 Å². The maximum atomic E-state index is 14.6. The van der Waals surface area contributed by atoms with E-state index in [1.165, 1.54) is 18.2 Å². The van der Waals surface area contributed by atoms with Crippen LogP contribution in [-0.4, -0.2) is 51.8 Å². The van der Waals surface area contributed by atoms with Crippen molar-refractivity contribution in [1.82, 2.24) is 14.5 Å². The molecule has 4 N–H and O–H groups in total. The molecule has 0 unspecified atom stereocenters. The Hall–Kier alpha value is -3.18. The molecule has 170 valence electrons. The SMILES string of the molecule is N=C1CCN(C[C@@H]2CC(F)(F)[C@H](n3ccc(N)nc3=O)O2)C/C1=C/Nc1cccc(F)c1. The summed E-state index contributed by atoms with van der Waals surface area (Å²) >= 11 is 0. The molecular weight excluding hydrogens is 425 g/mol. The summed E-state index contributed by atoms with van der Waals surface area (Å²) < 4.78 is 48.9. The van der Waals surface area contributed by atoms with Crippen LogP contribution < -0.4 is 16.7 Å². The minimum Gasteiger partial charge on any atom is -0.383 e. The number of nitrogen functional groups attached to an aromatic ring is 1. The van der Waals surface area contributed by atoms with Gasteiger partial charge in [0.15, 0.2) is 0 Å². The Labute approximate surface area is 182 Å². The Balaban J connectivity index is 1.42. The Morgan fingerprint density at radius 2 is 2.19 bits per heavy atom. The van der Waals surface area contributed by atoms with Crippen molar-refractivity contribution in [1.29, 1.82) is 5.41 Å². The number of nitrogens with two attached hydrogens (primary N) is 1. The number of anilines is 2. The summed E-state index contributed by atoms with van der Waals surface area (Å²) in [7, 11) is 0. The van der Waals surface area contributed by atoms with Crippen LogP contribution in [0.1, 0.15) is 19.1 Å². The standard InChI is InChI=1S/C21H23F3N6O2/c22-14-2-1-3-15(8-14)27-10-13-11-29(6-4-17(13)25)12-16-9-21(23,24)19(32-16)30-7-5-18(26)28-20(30)31/h1-3,5,7-8,10,16,19,25,27H,4,6,9,11-12H2,(H2,26,28,31)/b13-10-,25-17?/t16-,19+/m0/s1. The third-order valence-corrected chi connectivity index (χ3v) is 5.45. The van der Waals surface area contributed by atoms with Crippen LogP contribution in [-0.2, 0) is 4.74 Å². The summed E-state index contributed by atoms with van der Waals surface area (Å²) in [5.74, 6) is -3.67. The van der Waals surface area contributed by atoms with Gasteiger partial charge in [-0.1, -0.05) is 6.07 Å². The lowest BCUT2D eigenvalue weighted by Gasteiger charge is -2.31. The Bertz CT molecular complexity index is 1100. The van der Waals surface area contributed by atoms with Gasteiger partial charge in [0.1, 0.15) is 11.6 Å². The first-order valence-corrected chi connectivity index (χ1v) is 10.1. The predicted molar refractivity (Wildman–Crippen MR) is 113 cm³/mol. The van der Waals surface area contributed by atoms with Gasteiger partial charge in [-0.15, -0.1) is 0 Å². The number of hydrogen-bond acceptors (Lipinski definition) is 7. The van der Waals surface area contributed by atoms with Crippen LogP contribution in [0, 0.1) is 11.2 Å². The number of halogens is 3. The van der Waals surface area contributed by atoms with E-state index < -0.39 is 30.4 Å². The largest absolute Gasteiger partial charge is 0.383 e. The number of hydrogen-bond donors (Lipinski definition) is 3. The molecular formula is C21H23F3N6O2. The third kappa shape index (κ3) is 4.83. The minimum atomic E-state index is -3.24. The van der Waals surface area contributed by atoms with Crippen LogP contribution in [0.5, 0.6) is 0 Å². The molecule has 0 spiro atoms. The molecule has 0 radical (unpaired) electrons. The summed E-state index contributed by atoms with van der Waals surface area (Å²) in [6, 6.07) is 7.22. The van der Waals surface area contributed by atoms with Crippen molar-refractivity contribution < 1.29 is 17.9 Å². The van der Waals surface area contributed by atoms with E-state index in [4.69, 9.17) is 15.9 Å². The fourth-order valence-electron chi connectivity index (χ4n) is 3.89. The fourth-order valence-corrected chi connectivity index (χ4v) is 3.89. The van der Waals surface area contributed by atoms with Gasteiger partial charge in [0, 0.05) is 61.8 Å². The van der Waals surface area contributed by atoms with Gasteiger partial charge in [-0.25, -0.2) is 18.0 Å². The quantitative estimate of drug-likeness (QED) is 0.649. The number of nitrogens with one attached hydrogen (secondary N) is 2. The van der Waals surface area contributed by atoms with Crippen molar-refractivity contribution in [3.63, 3.8) is 0 Å². The van der Waals surface area contributed by atoms with Crippen molar-refractivity contribution >= 4 is 17.2 Å². The molecule has 3 heterocycles. The first-order chi connectivity index (χ1) is 15.2. The molecule has 2 aromatic rings. The summed E-state index contributed by atoms with van der Waals surface area (Å²) in [5, 5.41) is 11.1. The zero-order valence-electron chi connectivity index (χ0n) is 17.1. The average Bonchev–Trinajstić information content (AvgIpc) is 3.02. The van der Waals surface area contributed by atoms with Crippen LogP contribution in [0.3, 0.4) is 0 Å². The molecule has 0 saturated carbocycles. The van der Waals surface area contributed by atoms with Crippen molar-refractivity contribution in [3.8, 4) is 0 Å². The zero-order chi connectivity index (χ0) is 22.9. The Morgan fingerprint density at radius 1 is 1.38 bits per heavy atom. The molecule has 2 saturated heterocycles. The molecule has 0 bridgehead atoms. The van der Waals surface area contributed by atoms with Crippen LogP contribution >= 0.6 is 0 Å². The summed E-state index contributed by atoms with van der Waals surface area (Å²) in [6.07, 6.45) is 0.154. The van der Waals surface area contributed by atoms with E-state index in [1.807, 2.05) is 4.90 Å². The number of piperidine rings is 1. The lowest BCUT2D eigenvalue weighted by Crippen LogP contribution is -2.40. The zero-order valence-corrected chi connectivity index (χ0v) is 17.1. The number of alkyl halides is 2. The van der Waals surface area contributed by atoms with E-state index >= 15 is 0 Å². The van der Waals surface area contributed by atoms with Crippen molar-refractivity contribution in [2.24, 2.45) is 0 Å².